The summed E-state index contributed by atoms with van der Waals surface area (Å²) in [5.41, 5.74) is 2.64. The third-order valence-corrected chi connectivity index (χ3v) is 4.50. The molecule has 0 bridgehead atoms. The molecule has 1 aliphatic carbocycles. The third kappa shape index (κ3) is 2.58. The summed E-state index contributed by atoms with van der Waals surface area (Å²) in [6, 6.07) is 8.47. The number of fused-ring (bicyclic) bond motifs is 1. The van der Waals surface area contributed by atoms with Gasteiger partial charge in [-0.25, -0.2) is 0 Å². The van der Waals surface area contributed by atoms with Crippen molar-refractivity contribution in [3.05, 3.63) is 35.4 Å². The summed E-state index contributed by atoms with van der Waals surface area (Å²) < 4.78 is 5.46. The zero-order valence-electron chi connectivity index (χ0n) is 12.1. The lowest BCUT2D eigenvalue weighted by atomic mass is 10.0. The number of likely N-dealkylation sites (N-methyl/N-ethyl adjacent to an activating group) is 1. The first-order valence-electron chi connectivity index (χ1n) is 7.26. The van der Waals surface area contributed by atoms with E-state index in [0.717, 1.165) is 25.9 Å². The first-order chi connectivity index (χ1) is 9.67. The van der Waals surface area contributed by atoms with Gasteiger partial charge in [-0.1, -0.05) is 24.3 Å². The number of carbonyl (C=O) groups is 1. The Balaban J connectivity index is 1.61. The molecule has 1 aromatic carbocycles. The van der Waals surface area contributed by atoms with Crippen molar-refractivity contribution in [1.29, 1.82) is 0 Å². The molecular formula is C16H22N2O2. The van der Waals surface area contributed by atoms with Crippen LogP contribution in [0.25, 0.3) is 0 Å². The SMILES string of the molecule is CO[C@H]1CN(C)C[C@@H]1NC(=O)C1Cc2ccccc2C1. The molecule has 1 N–H and O–H groups in total. The van der Waals surface area contributed by atoms with E-state index in [2.05, 4.69) is 29.4 Å². The summed E-state index contributed by atoms with van der Waals surface area (Å²) >= 11 is 0. The standard InChI is InChI=1S/C16H22N2O2/c1-18-9-14(15(10-18)20-2)17-16(19)13-7-11-5-3-4-6-12(11)8-13/h3-6,13-15H,7-10H2,1-2H3,(H,17,19)/t14-,15-/m0/s1. The van der Waals surface area contributed by atoms with Crippen LogP contribution in [0, 0.1) is 5.92 Å². The van der Waals surface area contributed by atoms with E-state index in [0.29, 0.717) is 0 Å². The maximum absolute atomic E-state index is 12.5. The molecular weight excluding hydrogens is 252 g/mol. The Kier molecular flexibility index (Phi) is 3.76. The van der Waals surface area contributed by atoms with Gasteiger partial charge in [0.2, 0.25) is 5.91 Å². The number of methoxy groups -OCH3 is 1. The molecule has 4 heteroatoms. The number of carbonyl (C=O) groups excluding carboxylic acids is 1. The van der Waals surface area contributed by atoms with E-state index in [1.54, 1.807) is 7.11 Å². The lowest BCUT2D eigenvalue weighted by Crippen LogP contribution is -2.46. The summed E-state index contributed by atoms with van der Waals surface area (Å²) in [7, 11) is 3.78. The highest BCUT2D eigenvalue weighted by Gasteiger charge is 2.35. The number of ether oxygens (including phenoxy) is 1. The van der Waals surface area contributed by atoms with Crippen molar-refractivity contribution >= 4 is 5.91 Å². The highest BCUT2D eigenvalue weighted by atomic mass is 16.5. The molecule has 2 atom stereocenters. The molecule has 2 aliphatic rings. The quantitative estimate of drug-likeness (QED) is 0.888. The lowest BCUT2D eigenvalue weighted by Gasteiger charge is -2.20. The van der Waals surface area contributed by atoms with Crippen LogP contribution < -0.4 is 5.32 Å². The number of rotatable bonds is 3. The Morgan fingerprint density at radius 3 is 2.50 bits per heavy atom. The van der Waals surface area contributed by atoms with Crippen molar-refractivity contribution in [2.75, 3.05) is 27.2 Å². The minimum absolute atomic E-state index is 0.0795. The molecule has 1 amide bonds. The van der Waals surface area contributed by atoms with Crippen LogP contribution in [0.15, 0.2) is 24.3 Å². The average Bonchev–Trinajstić information content (AvgIpc) is 3.01. The summed E-state index contributed by atoms with van der Waals surface area (Å²) in [6.45, 7) is 1.75. The van der Waals surface area contributed by atoms with Crippen molar-refractivity contribution in [3.8, 4) is 0 Å². The zero-order chi connectivity index (χ0) is 14.1. The molecule has 1 heterocycles. The topological polar surface area (TPSA) is 41.6 Å². The number of likely N-dealkylation sites (tertiary alicyclic amines) is 1. The van der Waals surface area contributed by atoms with E-state index in [1.165, 1.54) is 11.1 Å². The van der Waals surface area contributed by atoms with E-state index < -0.39 is 0 Å². The Morgan fingerprint density at radius 2 is 1.90 bits per heavy atom. The van der Waals surface area contributed by atoms with Crippen molar-refractivity contribution in [2.24, 2.45) is 5.92 Å². The van der Waals surface area contributed by atoms with Gasteiger partial charge in [-0.2, -0.15) is 0 Å². The fraction of sp³-hybridized carbons (Fsp3) is 0.562. The van der Waals surface area contributed by atoms with Gasteiger partial charge in [0, 0.05) is 26.1 Å². The molecule has 108 valence electrons. The van der Waals surface area contributed by atoms with Gasteiger partial charge < -0.3 is 15.0 Å². The first kappa shape index (κ1) is 13.6. The van der Waals surface area contributed by atoms with E-state index >= 15 is 0 Å². The number of nitrogens with zero attached hydrogens (tertiary/aromatic N) is 1. The van der Waals surface area contributed by atoms with Gasteiger partial charge in [0.05, 0.1) is 12.1 Å². The highest BCUT2D eigenvalue weighted by Crippen LogP contribution is 2.26. The Labute approximate surface area is 120 Å². The molecule has 1 saturated heterocycles. The molecule has 0 saturated carbocycles. The molecule has 1 aromatic rings. The van der Waals surface area contributed by atoms with Crippen LogP contribution >= 0.6 is 0 Å². The highest BCUT2D eigenvalue weighted by molar-refractivity contribution is 5.80. The third-order valence-electron chi connectivity index (χ3n) is 4.50. The molecule has 1 fully saturated rings. The number of benzene rings is 1. The van der Waals surface area contributed by atoms with Gasteiger partial charge in [0.1, 0.15) is 0 Å². The van der Waals surface area contributed by atoms with Crippen LogP contribution in [0.4, 0.5) is 0 Å². The van der Waals surface area contributed by atoms with Crippen molar-refractivity contribution < 1.29 is 9.53 Å². The van der Waals surface area contributed by atoms with Gasteiger partial charge in [-0.05, 0) is 31.0 Å². The summed E-state index contributed by atoms with van der Waals surface area (Å²) in [5, 5.41) is 3.18. The van der Waals surface area contributed by atoms with Gasteiger partial charge in [0.15, 0.2) is 0 Å². The number of amides is 1. The maximum Gasteiger partial charge on any atom is 0.224 e. The van der Waals surface area contributed by atoms with Crippen molar-refractivity contribution in [2.45, 2.75) is 25.0 Å². The Morgan fingerprint density at radius 1 is 1.25 bits per heavy atom. The van der Waals surface area contributed by atoms with Gasteiger partial charge in [0.25, 0.3) is 0 Å². The molecule has 3 rings (SSSR count). The largest absolute Gasteiger partial charge is 0.378 e. The maximum atomic E-state index is 12.5. The first-order valence-corrected chi connectivity index (χ1v) is 7.26. The van der Waals surface area contributed by atoms with Crippen molar-refractivity contribution in [3.63, 3.8) is 0 Å². The Hall–Kier alpha value is -1.39. The van der Waals surface area contributed by atoms with Gasteiger partial charge >= 0.3 is 0 Å². The van der Waals surface area contributed by atoms with Crippen LogP contribution in [0.1, 0.15) is 11.1 Å². The van der Waals surface area contributed by atoms with E-state index in [9.17, 15) is 4.79 Å². The summed E-state index contributed by atoms with van der Waals surface area (Å²) in [5.74, 6) is 0.249. The van der Waals surface area contributed by atoms with Gasteiger partial charge in [-0.15, -0.1) is 0 Å². The van der Waals surface area contributed by atoms with Crippen LogP contribution in [0.5, 0.6) is 0 Å². The average molecular weight is 274 g/mol. The molecule has 0 spiro atoms. The number of hydrogen-bond acceptors (Lipinski definition) is 3. The van der Waals surface area contributed by atoms with E-state index in [-0.39, 0.29) is 24.0 Å². The molecule has 4 nitrogen and oxygen atoms in total. The molecule has 0 unspecified atom stereocenters. The monoisotopic (exact) mass is 274 g/mol. The summed E-state index contributed by atoms with van der Waals surface area (Å²) in [6.07, 6.45) is 1.83. The molecule has 0 radical (unpaired) electrons. The van der Waals surface area contributed by atoms with Crippen LogP contribution in [-0.4, -0.2) is 50.2 Å². The lowest BCUT2D eigenvalue weighted by molar-refractivity contribution is -0.126. The molecule has 20 heavy (non-hydrogen) atoms. The van der Waals surface area contributed by atoms with Crippen molar-refractivity contribution in [1.82, 2.24) is 10.2 Å². The molecule has 1 aliphatic heterocycles. The predicted molar refractivity (Wildman–Crippen MR) is 77.6 cm³/mol. The summed E-state index contributed by atoms with van der Waals surface area (Å²) in [4.78, 5) is 14.6. The Bertz CT molecular complexity index is 478. The van der Waals surface area contributed by atoms with Gasteiger partial charge in [-0.3, -0.25) is 4.79 Å². The number of nitrogens with one attached hydrogen (secondary N) is 1. The smallest absolute Gasteiger partial charge is 0.224 e. The van der Waals surface area contributed by atoms with Crippen LogP contribution in [0.3, 0.4) is 0 Å². The molecule has 0 aromatic heterocycles. The fourth-order valence-electron chi connectivity index (χ4n) is 3.38. The second-order valence-corrected chi connectivity index (χ2v) is 5.98. The van der Waals surface area contributed by atoms with Crippen LogP contribution in [0.2, 0.25) is 0 Å². The predicted octanol–water partition coefficient (Wildman–Crippen LogP) is 0.847. The van der Waals surface area contributed by atoms with E-state index in [4.69, 9.17) is 4.74 Å². The zero-order valence-corrected chi connectivity index (χ0v) is 12.1. The normalized spacial score (nSPS) is 26.7. The minimum atomic E-state index is 0.0795. The second-order valence-electron chi connectivity index (χ2n) is 5.98. The van der Waals surface area contributed by atoms with E-state index in [1.807, 2.05) is 12.1 Å². The number of hydrogen-bond donors (Lipinski definition) is 1. The minimum Gasteiger partial charge on any atom is -0.378 e. The second kappa shape index (κ2) is 5.54. The van der Waals surface area contributed by atoms with Crippen LogP contribution in [-0.2, 0) is 22.4 Å². The fourth-order valence-corrected chi connectivity index (χ4v) is 3.38.